The number of hydrogen-bond acceptors (Lipinski definition) is 8. The van der Waals surface area contributed by atoms with Gasteiger partial charge in [-0.3, -0.25) is 4.79 Å². The van der Waals surface area contributed by atoms with Gasteiger partial charge in [-0.05, 0) is 48.3 Å². The van der Waals surface area contributed by atoms with E-state index < -0.39 is 6.04 Å². The lowest BCUT2D eigenvalue weighted by Gasteiger charge is -2.15. The molecule has 0 aliphatic heterocycles. The van der Waals surface area contributed by atoms with Crippen LogP contribution in [0.1, 0.15) is 6.92 Å². The normalized spacial score (nSPS) is 11.2. The van der Waals surface area contributed by atoms with Crippen LogP contribution in [0.4, 0.5) is 5.69 Å². The van der Waals surface area contributed by atoms with Crippen molar-refractivity contribution >= 4 is 35.5 Å². The lowest BCUT2D eigenvalue weighted by molar-refractivity contribution is -0.117. The first-order valence-corrected chi connectivity index (χ1v) is 10.3. The van der Waals surface area contributed by atoms with Gasteiger partial charge in [-0.15, -0.1) is 12.4 Å². The van der Waals surface area contributed by atoms with Crippen molar-refractivity contribution in [3.05, 3.63) is 35.7 Å². The number of rotatable bonds is 8. The number of hydrogen-bond donors (Lipinski definition) is 2. The highest BCUT2D eigenvalue weighted by Crippen LogP contribution is 2.44. The first kappa shape index (κ1) is 25.3. The van der Waals surface area contributed by atoms with Crippen molar-refractivity contribution in [1.29, 1.82) is 0 Å². The number of halogens is 1. The van der Waals surface area contributed by atoms with Crippen LogP contribution in [0.25, 0.3) is 22.4 Å². The van der Waals surface area contributed by atoms with Gasteiger partial charge in [-0.25, -0.2) is 0 Å². The molecule has 0 aliphatic rings. The van der Waals surface area contributed by atoms with Crippen LogP contribution in [0.5, 0.6) is 23.0 Å². The van der Waals surface area contributed by atoms with Crippen LogP contribution < -0.4 is 30.0 Å². The molecule has 1 unspecified atom stereocenters. The van der Waals surface area contributed by atoms with Gasteiger partial charge in [0.1, 0.15) is 5.75 Å². The van der Waals surface area contributed by atoms with E-state index >= 15 is 0 Å². The smallest absolute Gasteiger partial charge is 0.241 e. The Morgan fingerprint density at radius 1 is 0.969 bits per heavy atom. The number of nitrogens with two attached hydrogens (primary N) is 1. The molecule has 1 amide bonds. The third-order valence-electron chi connectivity index (χ3n) is 4.69. The highest BCUT2D eigenvalue weighted by atomic mass is 35.5. The molecule has 172 valence electrons. The molecule has 8 nitrogen and oxygen atoms in total. The zero-order valence-electron chi connectivity index (χ0n) is 18.4. The van der Waals surface area contributed by atoms with E-state index in [9.17, 15) is 4.79 Å². The van der Waals surface area contributed by atoms with Gasteiger partial charge in [0.05, 0.1) is 45.9 Å². The molecule has 0 aliphatic carbocycles. The van der Waals surface area contributed by atoms with Crippen molar-refractivity contribution in [3.8, 4) is 45.4 Å². The molecule has 3 aromatic rings. The van der Waals surface area contributed by atoms with Crippen molar-refractivity contribution in [2.24, 2.45) is 5.73 Å². The average Bonchev–Trinajstić information content (AvgIpc) is 3.27. The molecule has 10 heteroatoms. The number of nitrogens with zero attached hydrogens (tertiary/aromatic N) is 1. The molecule has 0 saturated heterocycles. The predicted molar refractivity (Wildman–Crippen MR) is 129 cm³/mol. The van der Waals surface area contributed by atoms with Crippen LogP contribution in [0, 0.1) is 0 Å². The Labute approximate surface area is 197 Å². The average molecular weight is 480 g/mol. The van der Waals surface area contributed by atoms with Crippen LogP contribution >= 0.6 is 23.9 Å². The summed E-state index contributed by atoms with van der Waals surface area (Å²) in [5.41, 5.74) is 9.53. The summed E-state index contributed by atoms with van der Waals surface area (Å²) in [6.07, 6.45) is 0. The largest absolute Gasteiger partial charge is 0.495 e. The third kappa shape index (κ3) is 5.07. The number of carbonyl (C=O) groups is 1. The second-order valence-corrected chi connectivity index (χ2v) is 7.31. The van der Waals surface area contributed by atoms with Gasteiger partial charge in [0.15, 0.2) is 11.5 Å². The maximum Gasteiger partial charge on any atom is 0.241 e. The summed E-state index contributed by atoms with van der Waals surface area (Å²) < 4.78 is 26.3. The molecular weight excluding hydrogens is 454 g/mol. The molecular formula is C22H26ClN3O5S. The lowest BCUT2D eigenvalue weighted by Crippen LogP contribution is -2.32. The summed E-state index contributed by atoms with van der Waals surface area (Å²) in [6.45, 7) is 1.62. The highest BCUT2D eigenvalue weighted by molar-refractivity contribution is 7.04. The first-order valence-electron chi connectivity index (χ1n) is 9.43. The van der Waals surface area contributed by atoms with Crippen molar-refractivity contribution in [2.45, 2.75) is 13.0 Å². The zero-order valence-corrected chi connectivity index (χ0v) is 20.1. The lowest BCUT2D eigenvalue weighted by atomic mass is 10.0. The Morgan fingerprint density at radius 3 is 2.12 bits per heavy atom. The van der Waals surface area contributed by atoms with Gasteiger partial charge < -0.3 is 30.0 Å². The monoisotopic (exact) mass is 479 g/mol. The molecule has 0 fully saturated rings. The molecule has 0 spiro atoms. The fourth-order valence-corrected chi connectivity index (χ4v) is 3.80. The predicted octanol–water partition coefficient (Wildman–Crippen LogP) is 4.22. The summed E-state index contributed by atoms with van der Waals surface area (Å²) in [6, 6.07) is 8.59. The summed E-state index contributed by atoms with van der Waals surface area (Å²) in [5, 5.41) is 4.75. The van der Waals surface area contributed by atoms with Crippen LogP contribution in [-0.2, 0) is 4.79 Å². The minimum absolute atomic E-state index is 0. The van der Waals surface area contributed by atoms with E-state index in [0.717, 1.165) is 22.4 Å². The zero-order chi connectivity index (χ0) is 22.5. The van der Waals surface area contributed by atoms with Gasteiger partial charge in [0.2, 0.25) is 11.7 Å². The van der Waals surface area contributed by atoms with Gasteiger partial charge in [0, 0.05) is 16.5 Å². The second-order valence-electron chi connectivity index (χ2n) is 6.68. The van der Waals surface area contributed by atoms with Crippen molar-refractivity contribution in [2.75, 3.05) is 33.8 Å². The molecule has 2 aromatic carbocycles. The molecule has 3 N–H and O–H groups in total. The summed E-state index contributed by atoms with van der Waals surface area (Å²) in [7, 11) is 6.24. The van der Waals surface area contributed by atoms with Gasteiger partial charge in [0.25, 0.3) is 0 Å². The van der Waals surface area contributed by atoms with Crippen molar-refractivity contribution in [3.63, 3.8) is 0 Å². The summed E-state index contributed by atoms with van der Waals surface area (Å²) in [4.78, 5) is 12.1. The Morgan fingerprint density at radius 2 is 1.59 bits per heavy atom. The highest BCUT2D eigenvalue weighted by Gasteiger charge is 2.19. The second kappa shape index (κ2) is 11.0. The maximum absolute atomic E-state index is 12.1. The summed E-state index contributed by atoms with van der Waals surface area (Å²) >= 11 is 1.33. The Hall–Kier alpha value is -3.01. The number of anilines is 1. The van der Waals surface area contributed by atoms with E-state index in [1.807, 2.05) is 29.6 Å². The SMILES string of the molecule is COc1ccc(-c2csnc2-c2cc(OC)c(OC)c(OC)c2)cc1NC(=O)C(C)N.Cl. The number of nitrogens with one attached hydrogen (secondary N) is 1. The molecule has 1 atom stereocenters. The van der Waals surface area contributed by atoms with Crippen LogP contribution in [0.15, 0.2) is 35.7 Å². The number of aromatic nitrogens is 1. The number of benzene rings is 2. The van der Waals surface area contributed by atoms with Crippen LogP contribution in [-0.4, -0.2) is 44.8 Å². The van der Waals surface area contributed by atoms with Crippen LogP contribution in [0.2, 0.25) is 0 Å². The van der Waals surface area contributed by atoms with E-state index in [1.165, 1.54) is 11.5 Å². The number of carbonyl (C=O) groups excluding carboxylic acids is 1. The van der Waals surface area contributed by atoms with E-state index in [1.54, 1.807) is 41.4 Å². The first-order chi connectivity index (χ1) is 14.9. The third-order valence-corrected chi connectivity index (χ3v) is 5.32. The fraction of sp³-hybridized carbons (Fsp3) is 0.273. The van der Waals surface area contributed by atoms with Crippen molar-refractivity contribution in [1.82, 2.24) is 4.37 Å². The number of ether oxygens (including phenoxy) is 4. The van der Waals surface area contributed by atoms with E-state index in [2.05, 4.69) is 9.69 Å². The van der Waals surface area contributed by atoms with Gasteiger partial charge >= 0.3 is 0 Å². The van der Waals surface area contributed by atoms with Gasteiger partial charge in [-0.2, -0.15) is 4.37 Å². The number of amides is 1. The maximum atomic E-state index is 12.1. The Kier molecular flexibility index (Phi) is 8.71. The molecule has 0 saturated carbocycles. The van der Waals surface area contributed by atoms with E-state index in [4.69, 9.17) is 24.7 Å². The Bertz CT molecular complexity index is 1060. The standard InChI is InChI=1S/C22H25N3O5S.ClH/c1-12(23)22(26)24-16-8-13(6-7-17(16)27-2)15-11-31-25-20(15)14-9-18(28-3)21(30-5)19(10-14)29-4;/h6-12H,23H2,1-5H3,(H,24,26);1H. The van der Waals surface area contributed by atoms with E-state index in [-0.39, 0.29) is 18.3 Å². The quantitative estimate of drug-likeness (QED) is 0.498. The summed E-state index contributed by atoms with van der Waals surface area (Å²) in [5.74, 6) is 1.82. The van der Waals surface area contributed by atoms with Crippen molar-refractivity contribution < 1.29 is 23.7 Å². The topological polar surface area (TPSA) is 105 Å². The minimum Gasteiger partial charge on any atom is -0.495 e. The minimum atomic E-state index is -0.647. The molecule has 1 aromatic heterocycles. The molecule has 32 heavy (non-hydrogen) atoms. The Balaban J connectivity index is 0.00000363. The number of methoxy groups -OCH3 is 4. The molecule has 1 heterocycles. The van der Waals surface area contributed by atoms with Crippen LogP contribution in [0.3, 0.4) is 0 Å². The molecule has 3 rings (SSSR count). The fourth-order valence-electron chi connectivity index (χ4n) is 3.09. The van der Waals surface area contributed by atoms with E-state index in [0.29, 0.717) is 28.7 Å². The molecule has 0 bridgehead atoms. The van der Waals surface area contributed by atoms with Gasteiger partial charge in [-0.1, -0.05) is 6.07 Å². The molecule has 0 radical (unpaired) electrons.